The highest BCUT2D eigenvalue weighted by molar-refractivity contribution is 5.91. The zero-order valence-electron chi connectivity index (χ0n) is 15.0. The third kappa shape index (κ3) is 4.15. The van der Waals surface area contributed by atoms with Crippen molar-refractivity contribution >= 4 is 11.9 Å². The lowest BCUT2D eigenvalue weighted by atomic mass is 9.77. The highest BCUT2D eigenvalue weighted by atomic mass is 16.5. The van der Waals surface area contributed by atoms with E-state index in [1.54, 1.807) is 0 Å². The van der Waals surface area contributed by atoms with Gasteiger partial charge < -0.3 is 19.6 Å². The molecule has 4 atom stereocenters. The number of carbonyl (C=O) groups excluding carboxylic acids is 1. The summed E-state index contributed by atoms with van der Waals surface area (Å²) >= 11 is 0. The van der Waals surface area contributed by atoms with Gasteiger partial charge in [0, 0.05) is 18.9 Å². The van der Waals surface area contributed by atoms with E-state index in [-0.39, 0.29) is 36.4 Å². The van der Waals surface area contributed by atoms with Gasteiger partial charge in [0.2, 0.25) is 5.89 Å². The molecule has 2 aliphatic heterocycles. The second kappa shape index (κ2) is 8.49. The molecule has 26 heavy (non-hydrogen) atoms. The minimum atomic E-state index is -0.788. The number of aliphatic carboxylic acids is 1. The number of hydrogen-bond acceptors (Lipinski definition) is 5. The molecule has 7 heteroatoms. The number of carboxylic acid groups (broad SMARTS) is 1. The van der Waals surface area contributed by atoms with Gasteiger partial charge in [0.15, 0.2) is 5.69 Å². The van der Waals surface area contributed by atoms with Crippen LogP contribution in [0.1, 0.15) is 67.7 Å². The first-order chi connectivity index (χ1) is 12.6. The molecule has 0 aliphatic carbocycles. The van der Waals surface area contributed by atoms with Crippen LogP contribution < -0.4 is 5.32 Å². The van der Waals surface area contributed by atoms with E-state index in [2.05, 4.69) is 10.3 Å². The van der Waals surface area contributed by atoms with Crippen molar-refractivity contribution in [3.63, 3.8) is 0 Å². The number of oxazole rings is 1. The average molecular weight is 362 g/mol. The van der Waals surface area contributed by atoms with E-state index in [9.17, 15) is 9.59 Å². The molecule has 1 amide bonds. The van der Waals surface area contributed by atoms with Crippen LogP contribution >= 0.6 is 0 Å². The number of carbonyl (C=O) groups is 2. The van der Waals surface area contributed by atoms with E-state index in [1.165, 1.54) is 6.26 Å². The minimum Gasteiger partial charge on any atom is -0.481 e. The van der Waals surface area contributed by atoms with E-state index >= 15 is 0 Å². The first-order valence-corrected chi connectivity index (χ1v) is 9.36. The van der Waals surface area contributed by atoms with Gasteiger partial charge in [-0.15, -0.1) is 0 Å². The zero-order valence-corrected chi connectivity index (χ0v) is 15.0. The molecule has 0 unspecified atom stereocenters. The Hall–Kier alpha value is -2.15. The lowest BCUT2D eigenvalue weighted by Gasteiger charge is -2.24. The van der Waals surface area contributed by atoms with E-state index in [0.717, 1.165) is 25.7 Å². The molecule has 1 aromatic rings. The molecular weight excluding hydrogens is 336 g/mol. The summed E-state index contributed by atoms with van der Waals surface area (Å²) in [5, 5.41) is 11.5. The van der Waals surface area contributed by atoms with Gasteiger partial charge in [0.1, 0.15) is 6.26 Å². The van der Waals surface area contributed by atoms with Gasteiger partial charge in [-0.3, -0.25) is 9.59 Å². The Kier molecular flexibility index (Phi) is 6.08. The van der Waals surface area contributed by atoms with Crippen molar-refractivity contribution in [3.05, 3.63) is 30.0 Å². The molecule has 0 radical (unpaired) electrons. The quantitative estimate of drug-likeness (QED) is 0.655. The number of hydrogen-bond donors (Lipinski definition) is 2. The molecule has 2 aliphatic rings. The number of fused-ring (bicyclic) bond motifs is 2. The van der Waals surface area contributed by atoms with Crippen LogP contribution in [-0.4, -0.2) is 40.7 Å². The Morgan fingerprint density at radius 3 is 2.92 bits per heavy atom. The summed E-state index contributed by atoms with van der Waals surface area (Å²) in [7, 11) is 0. The number of ether oxygens (including phenoxy) is 1. The molecule has 2 N–H and O–H groups in total. The van der Waals surface area contributed by atoms with Crippen LogP contribution in [0, 0.1) is 5.92 Å². The van der Waals surface area contributed by atoms with Gasteiger partial charge in [-0.05, 0) is 32.1 Å². The van der Waals surface area contributed by atoms with E-state index in [1.807, 2.05) is 19.1 Å². The van der Waals surface area contributed by atoms with E-state index in [4.69, 9.17) is 14.3 Å². The highest BCUT2D eigenvalue weighted by Crippen LogP contribution is 2.50. The fraction of sp³-hybridized carbons (Fsp3) is 0.632. The number of aromatic nitrogens is 1. The molecule has 3 rings (SSSR count). The number of nitrogens with one attached hydrogen (secondary N) is 1. The predicted molar refractivity (Wildman–Crippen MR) is 93.9 cm³/mol. The number of amides is 1. The molecule has 142 valence electrons. The van der Waals surface area contributed by atoms with Crippen LogP contribution in [0.2, 0.25) is 0 Å². The fourth-order valence-corrected chi connectivity index (χ4v) is 3.87. The molecule has 2 bridgehead atoms. The van der Waals surface area contributed by atoms with Crippen molar-refractivity contribution in [1.82, 2.24) is 10.3 Å². The standard InChI is InChI=1S/C19H26N2O5/c1-2-10-20-18(24)13-11-25-19(21-13)17-12(14-8-9-15(17)26-14)6-4-3-5-7-16(22)23/h3-4,11-12,14-15,17H,2,5-10H2,1H3,(H,20,24)(H,22,23)/b4-3-/t12-,14-,15+,17-/m0/s1. The lowest BCUT2D eigenvalue weighted by molar-refractivity contribution is -0.136. The summed E-state index contributed by atoms with van der Waals surface area (Å²) in [6, 6.07) is 0. The zero-order chi connectivity index (χ0) is 18.5. The smallest absolute Gasteiger partial charge is 0.303 e. The molecule has 0 aromatic carbocycles. The summed E-state index contributed by atoms with van der Waals surface area (Å²) < 4.78 is 11.7. The van der Waals surface area contributed by atoms with Crippen LogP contribution in [0.25, 0.3) is 0 Å². The third-order valence-electron chi connectivity index (χ3n) is 5.10. The fourth-order valence-electron chi connectivity index (χ4n) is 3.87. The third-order valence-corrected chi connectivity index (χ3v) is 5.10. The van der Waals surface area contributed by atoms with Crippen molar-refractivity contribution in [1.29, 1.82) is 0 Å². The van der Waals surface area contributed by atoms with Crippen LogP contribution in [0.3, 0.4) is 0 Å². The number of allylic oxidation sites excluding steroid dienone is 2. The Bertz CT molecular complexity index is 669. The van der Waals surface area contributed by atoms with E-state index < -0.39 is 5.97 Å². The molecule has 0 saturated carbocycles. The maximum Gasteiger partial charge on any atom is 0.303 e. The molecule has 2 fully saturated rings. The summed E-state index contributed by atoms with van der Waals surface area (Å²) in [5.41, 5.74) is 0.312. The maximum absolute atomic E-state index is 12.0. The van der Waals surface area contributed by atoms with Gasteiger partial charge in [-0.2, -0.15) is 0 Å². The van der Waals surface area contributed by atoms with E-state index in [0.29, 0.717) is 24.6 Å². The number of nitrogens with zero attached hydrogens (tertiary/aromatic N) is 1. The Balaban J connectivity index is 1.64. The van der Waals surface area contributed by atoms with Crippen molar-refractivity contribution in [2.75, 3.05) is 6.54 Å². The van der Waals surface area contributed by atoms with Crippen LogP contribution in [0.5, 0.6) is 0 Å². The molecular formula is C19H26N2O5. The lowest BCUT2D eigenvalue weighted by Crippen LogP contribution is -2.26. The second-order valence-corrected chi connectivity index (χ2v) is 6.95. The van der Waals surface area contributed by atoms with Gasteiger partial charge in [-0.1, -0.05) is 19.1 Å². The largest absolute Gasteiger partial charge is 0.481 e. The molecule has 7 nitrogen and oxygen atoms in total. The topological polar surface area (TPSA) is 102 Å². The molecule has 2 saturated heterocycles. The normalized spacial score (nSPS) is 27.3. The van der Waals surface area contributed by atoms with Gasteiger partial charge in [0.05, 0.1) is 18.1 Å². The first-order valence-electron chi connectivity index (χ1n) is 9.36. The Morgan fingerprint density at radius 2 is 2.15 bits per heavy atom. The van der Waals surface area contributed by atoms with Crippen LogP contribution in [0.15, 0.2) is 22.8 Å². The Morgan fingerprint density at radius 1 is 1.35 bits per heavy atom. The SMILES string of the molecule is CCCNC(=O)c1coc([C@H]2[C@@H](C/C=C\CCC(=O)O)[C@@H]3CC[C@H]2O3)n1. The van der Waals surface area contributed by atoms with Crippen molar-refractivity contribution < 1.29 is 23.8 Å². The summed E-state index contributed by atoms with van der Waals surface area (Å²) in [5.74, 6) is -0.131. The van der Waals surface area contributed by atoms with Crippen LogP contribution in [0.4, 0.5) is 0 Å². The number of carboxylic acids is 1. The monoisotopic (exact) mass is 362 g/mol. The summed E-state index contributed by atoms with van der Waals surface area (Å²) in [6.45, 7) is 2.61. The predicted octanol–water partition coefficient (Wildman–Crippen LogP) is 2.89. The second-order valence-electron chi connectivity index (χ2n) is 6.95. The molecule has 1 aromatic heterocycles. The molecule has 3 heterocycles. The minimum absolute atomic E-state index is 0.0469. The summed E-state index contributed by atoms with van der Waals surface area (Å²) in [4.78, 5) is 27.0. The highest BCUT2D eigenvalue weighted by Gasteiger charge is 2.51. The maximum atomic E-state index is 12.0. The van der Waals surface area contributed by atoms with Crippen LogP contribution in [-0.2, 0) is 9.53 Å². The van der Waals surface area contributed by atoms with Crippen molar-refractivity contribution in [3.8, 4) is 0 Å². The van der Waals surface area contributed by atoms with Gasteiger partial charge >= 0.3 is 5.97 Å². The van der Waals surface area contributed by atoms with Crippen molar-refractivity contribution in [2.24, 2.45) is 5.92 Å². The Labute approximate surface area is 152 Å². The van der Waals surface area contributed by atoms with Crippen molar-refractivity contribution in [2.45, 2.75) is 63.6 Å². The average Bonchev–Trinajstić information content (AvgIpc) is 3.34. The molecule has 0 spiro atoms. The van der Waals surface area contributed by atoms with Gasteiger partial charge in [0.25, 0.3) is 5.91 Å². The van der Waals surface area contributed by atoms with Gasteiger partial charge in [-0.25, -0.2) is 4.98 Å². The summed E-state index contributed by atoms with van der Waals surface area (Å²) in [6.07, 6.45) is 9.98. The first kappa shape index (κ1) is 18.6. The number of rotatable bonds is 9.